The molecular formula is C15H31N7O4S2. The lowest BCUT2D eigenvalue weighted by molar-refractivity contribution is -0.161. The van der Waals surface area contributed by atoms with Crippen LogP contribution >= 0.6 is 12.2 Å². The van der Waals surface area contributed by atoms with Crippen LogP contribution in [0.5, 0.6) is 0 Å². The van der Waals surface area contributed by atoms with Crippen molar-refractivity contribution in [3.63, 3.8) is 0 Å². The van der Waals surface area contributed by atoms with Crippen LogP contribution in [0.2, 0.25) is 0 Å². The number of rotatable bonds is 17. The van der Waals surface area contributed by atoms with Gasteiger partial charge in [0, 0.05) is 39.0 Å². The summed E-state index contributed by atoms with van der Waals surface area (Å²) in [6.07, 6.45) is 3.82. The zero-order valence-electron chi connectivity index (χ0n) is 16.7. The highest BCUT2D eigenvalue weighted by Gasteiger charge is 2.08. The maximum absolute atomic E-state index is 11.1. The second-order valence-electron chi connectivity index (χ2n) is 5.86. The van der Waals surface area contributed by atoms with Crippen molar-refractivity contribution in [3.8, 4) is 0 Å². The normalized spacial score (nSPS) is 11.7. The molecule has 1 aromatic rings. The van der Waals surface area contributed by atoms with E-state index in [1.165, 1.54) is 7.11 Å². The first-order valence-corrected chi connectivity index (χ1v) is 11.8. The van der Waals surface area contributed by atoms with E-state index in [9.17, 15) is 8.42 Å². The monoisotopic (exact) mass is 437 g/mol. The Morgan fingerprint density at radius 1 is 1.00 bits per heavy atom. The van der Waals surface area contributed by atoms with Gasteiger partial charge in [-0.3, -0.25) is 0 Å². The first-order valence-electron chi connectivity index (χ1n) is 9.17. The van der Waals surface area contributed by atoms with Crippen LogP contribution in [0.25, 0.3) is 0 Å². The number of anilines is 1. The minimum atomic E-state index is -3.18. The summed E-state index contributed by atoms with van der Waals surface area (Å²) in [6, 6.07) is 0. The van der Waals surface area contributed by atoms with E-state index >= 15 is 0 Å². The van der Waals surface area contributed by atoms with Crippen molar-refractivity contribution in [2.75, 3.05) is 51.4 Å². The van der Waals surface area contributed by atoms with Gasteiger partial charge in [-0.15, -0.1) is 4.33 Å². The van der Waals surface area contributed by atoms with E-state index in [2.05, 4.69) is 44.3 Å². The third kappa shape index (κ3) is 13.1. The molecule has 0 radical (unpaired) electrons. The molecule has 1 rings (SSSR count). The molecule has 0 aromatic carbocycles. The van der Waals surface area contributed by atoms with Crippen molar-refractivity contribution < 1.29 is 17.6 Å². The summed E-state index contributed by atoms with van der Waals surface area (Å²) < 4.78 is 32.4. The van der Waals surface area contributed by atoms with Gasteiger partial charge in [-0.05, 0) is 19.4 Å². The Morgan fingerprint density at radius 2 is 1.68 bits per heavy atom. The third-order valence-electron chi connectivity index (χ3n) is 3.34. The Bertz CT molecular complexity index is 649. The van der Waals surface area contributed by atoms with Crippen LogP contribution in [0.4, 0.5) is 5.95 Å². The molecule has 13 heteroatoms. The fourth-order valence-electron chi connectivity index (χ4n) is 2.13. The predicted octanol–water partition coefficient (Wildman–Crippen LogP) is 0.0382. The van der Waals surface area contributed by atoms with E-state index in [-0.39, 0.29) is 0 Å². The Morgan fingerprint density at radius 3 is 2.29 bits per heavy atom. The van der Waals surface area contributed by atoms with Gasteiger partial charge in [0.05, 0.1) is 13.4 Å². The Balaban J connectivity index is 2.58. The van der Waals surface area contributed by atoms with Crippen LogP contribution in [0.1, 0.15) is 31.4 Å². The molecule has 0 aliphatic heterocycles. The molecule has 11 nitrogen and oxygen atoms in total. The number of nitrogens with one attached hydrogen (secondary N) is 4. The molecule has 4 N–H and O–H groups in total. The number of hydrogen-bond acceptors (Lipinski definition) is 11. The van der Waals surface area contributed by atoms with Crippen LogP contribution in [-0.2, 0) is 32.1 Å². The van der Waals surface area contributed by atoms with Gasteiger partial charge in [-0.2, -0.15) is 9.97 Å². The fraction of sp³-hybridized carbons (Fsp3) is 0.800. The van der Waals surface area contributed by atoms with Crippen molar-refractivity contribution >= 4 is 28.2 Å². The van der Waals surface area contributed by atoms with E-state index in [4.69, 9.17) is 0 Å². The Labute approximate surface area is 171 Å². The average molecular weight is 438 g/mol. The van der Waals surface area contributed by atoms with Crippen molar-refractivity contribution in [3.05, 3.63) is 11.6 Å². The van der Waals surface area contributed by atoms with Crippen LogP contribution in [0.15, 0.2) is 0 Å². The lowest BCUT2D eigenvalue weighted by Gasteiger charge is -2.10. The molecule has 0 aliphatic rings. The first kappa shape index (κ1) is 24.9. The molecule has 0 saturated carbocycles. The predicted molar refractivity (Wildman–Crippen MR) is 110 cm³/mol. The number of aromatic nitrogens is 3. The van der Waals surface area contributed by atoms with Crippen molar-refractivity contribution in [1.82, 2.24) is 29.7 Å². The number of sulfonamides is 1. The molecule has 0 aliphatic carbocycles. The smallest absolute Gasteiger partial charge is 0.226 e. The molecule has 28 heavy (non-hydrogen) atoms. The van der Waals surface area contributed by atoms with E-state index in [0.29, 0.717) is 56.5 Å². The van der Waals surface area contributed by atoms with Gasteiger partial charge < -0.3 is 10.6 Å². The maximum atomic E-state index is 11.1. The standard InChI is InChI=1S/C15H31N7O4S2/c1-4-16-11-12-17-15-21-13(7-5-9-18-27-26-25-2)20-14(22-15)8-6-10-19-28(3,23)24/h16,18-19H,4-12H2,1-3H3,(H,17,20,21,22). The maximum Gasteiger partial charge on any atom is 0.226 e. The number of aryl methyl sites for hydroxylation is 2. The molecule has 0 fully saturated rings. The van der Waals surface area contributed by atoms with E-state index in [0.717, 1.165) is 38.0 Å². The quantitative estimate of drug-likeness (QED) is 0.0863. The van der Waals surface area contributed by atoms with Crippen LogP contribution in [0.3, 0.4) is 0 Å². The highest BCUT2D eigenvalue weighted by Crippen LogP contribution is 2.06. The second-order valence-corrected chi connectivity index (χ2v) is 8.28. The van der Waals surface area contributed by atoms with E-state index in [1.54, 1.807) is 0 Å². The summed E-state index contributed by atoms with van der Waals surface area (Å²) in [7, 11) is -1.74. The topological polar surface area (TPSA) is 139 Å². The summed E-state index contributed by atoms with van der Waals surface area (Å²) >= 11 is 1.03. The zero-order chi connectivity index (χ0) is 20.7. The molecule has 0 saturated heterocycles. The Hall–Kier alpha value is -1.09. The Kier molecular flexibility index (Phi) is 13.2. The van der Waals surface area contributed by atoms with Gasteiger partial charge in [-0.25, -0.2) is 27.7 Å². The zero-order valence-corrected chi connectivity index (χ0v) is 18.3. The van der Waals surface area contributed by atoms with Crippen LogP contribution in [0, 0.1) is 0 Å². The van der Waals surface area contributed by atoms with Crippen molar-refractivity contribution in [2.24, 2.45) is 0 Å². The van der Waals surface area contributed by atoms with Gasteiger partial charge in [0.2, 0.25) is 16.0 Å². The van der Waals surface area contributed by atoms with Gasteiger partial charge in [-0.1, -0.05) is 6.92 Å². The highest BCUT2D eigenvalue weighted by atomic mass is 32.2. The minimum Gasteiger partial charge on any atom is -0.353 e. The van der Waals surface area contributed by atoms with E-state index in [1.807, 2.05) is 6.92 Å². The molecule has 0 unspecified atom stereocenters. The molecule has 0 bridgehead atoms. The molecular weight excluding hydrogens is 406 g/mol. The van der Waals surface area contributed by atoms with Crippen molar-refractivity contribution in [2.45, 2.75) is 32.6 Å². The lowest BCUT2D eigenvalue weighted by atomic mass is 10.2. The molecule has 1 heterocycles. The van der Waals surface area contributed by atoms with E-state index < -0.39 is 10.0 Å². The number of likely N-dealkylation sites (N-methyl/N-ethyl adjacent to an activating group) is 1. The highest BCUT2D eigenvalue weighted by molar-refractivity contribution is 7.92. The molecule has 1 aromatic heterocycles. The third-order valence-corrected chi connectivity index (χ3v) is 4.60. The van der Waals surface area contributed by atoms with Crippen molar-refractivity contribution in [1.29, 1.82) is 0 Å². The first-order chi connectivity index (χ1) is 13.4. The molecule has 0 amide bonds. The van der Waals surface area contributed by atoms with Gasteiger partial charge in [0.1, 0.15) is 23.9 Å². The van der Waals surface area contributed by atoms with Gasteiger partial charge in [0.15, 0.2) is 0 Å². The molecule has 0 spiro atoms. The summed E-state index contributed by atoms with van der Waals surface area (Å²) in [4.78, 5) is 17.9. The second kappa shape index (κ2) is 14.8. The lowest BCUT2D eigenvalue weighted by Crippen LogP contribution is -2.24. The van der Waals surface area contributed by atoms with Crippen LogP contribution in [-0.4, -0.2) is 69.5 Å². The molecule has 0 atom stereocenters. The summed E-state index contributed by atoms with van der Waals surface area (Å²) in [5, 5.41) is 6.43. The average Bonchev–Trinajstić information content (AvgIpc) is 2.64. The summed E-state index contributed by atoms with van der Waals surface area (Å²) in [5.41, 5.74) is 0. The SMILES string of the molecule is CCNCCNc1nc(CCCNSOOC)nc(CCCNS(C)(=O)=O)n1. The fourth-order valence-corrected chi connectivity index (χ4v) is 2.99. The van der Waals surface area contributed by atoms with Gasteiger partial charge in [0.25, 0.3) is 0 Å². The van der Waals surface area contributed by atoms with Gasteiger partial charge >= 0.3 is 0 Å². The summed E-state index contributed by atoms with van der Waals surface area (Å²) in [6.45, 7) is 5.53. The van der Waals surface area contributed by atoms with Crippen LogP contribution < -0.4 is 20.1 Å². The summed E-state index contributed by atoms with van der Waals surface area (Å²) in [5.74, 6) is 1.89. The number of hydrogen-bond donors (Lipinski definition) is 4. The molecule has 162 valence electrons. The number of nitrogens with zero attached hydrogens (tertiary/aromatic N) is 3. The minimum absolute atomic E-state index is 0.351. The largest absolute Gasteiger partial charge is 0.353 e.